The van der Waals surface area contributed by atoms with Gasteiger partial charge in [-0.2, -0.15) is 13.2 Å². The predicted molar refractivity (Wildman–Crippen MR) is 105 cm³/mol. The molecule has 0 radical (unpaired) electrons. The van der Waals surface area contributed by atoms with Crippen LogP contribution in [-0.2, 0) is 12.7 Å². The normalized spacial score (nSPS) is 16.6. The van der Waals surface area contributed by atoms with Crippen molar-refractivity contribution in [2.45, 2.75) is 58.3 Å². The highest BCUT2D eigenvalue weighted by molar-refractivity contribution is 5.56. The molecule has 7 heteroatoms. The van der Waals surface area contributed by atoms with Gasteiger partial charge >= 0.3 is 6.18 Å². The minimum Gasteiger partial charge on any atom is -0.342 e. The van der Waals surface area contributed by atoms with Crippen LogP contribution in [-0.4, -0.2) is 40.5 Å². The molecule has 3 rings (SSSR count). The first-order valence-corrected chi connectivity index (χ1v) is 10.1. The van der Waals surface area contributed by atoms with E-state index in [9.17, 15) is 13.2 Å². The van der Waals surface area contributed by atoms with Crippen LogP contribution in [0.4, 0.5) is 13.2 Å². The lowest BCUT2D eigenvalue weighted by molar-refractivity contribution is -0.137. The van der Waals surface area contributed by atoms with E-state index in [4.69, 9.17) is 0 Å². The monoisotopic (exact) mass is 394 g/mol. The van der Waals surface area contributed by atoms with Crippen LogP contribution in [0.5, 0.6) is 0 Å². The highest BCUT2D eigenvalue weighted by Crippen LogP contribution is 2.30. The number of alkyl halides is 3. The number of H-pyrrole nitrogens is 1. The SMILES string of the molecule is CCCCNC1CCN(Cc2nc(-c3ccc(C(F)(F)F)cc3)[nH]c2C)CC1. The Morgan fingerprint density at radius 3 is 2.46 bits per heavy atom. The minimum absolute atomic E-state index is 0.603. The van der Waals surface area contributed by atoms with Gasteiger partial charge in [0.25, 0.3) is 0 Å². The van der Waals surface area contributed by atoms with Crippen molar-refractivity contribution in [1.29, 1.82) is 0 Å². The van der Waals surface area contributed by atoms with Gasteiger partial charge in [-0.25, -0.2) is 4.98 Å². The lowest BCUT2D eigenvalue weighted by Gasteiger charge is -2.32. The maximum atomic E-state index is 12.7. The summed E-state index contributed by atoms with van der Waals surface area (Å²) in [6.45, 7) is 8.10. The van der Waals surface area contributed by atoms with Gasteiger partial charge in [-0.15, -0.1) is 0 Å². The van der Waals surface area contributed by atoms with Crippen LogP contribution >= 0.6 is 0 Å². The molecule has 0 saturated carbocycles. The molecule has 1 aliphatic rings. The molecule has 1 saturated heterocycles. The van der Waals surface area contributed by atoms with E-state index in [1.807, 2.05) is 6.92 Å². The zero-order chi connectivity index (χ0) is 20.1. The fraction of sp³-hybridized carbons (Fsp3) is 0.571. The fourth-order valence-electron chi connectivity index (χ4n) is 3.59. The summed E-state index contributed by atoms with van der Waals surface area (Å²) in [5, 5.41) is 3.63. The number of rotatable bonds is 7. The first kappa shape index (κ1) is 20.9. The molecule has 2 heterocycles. The molecule has 1 aliphatic heterocycles. The largest absolute Gasteiger partial charge is 0.416 e. The molecule has 28 heavy (non-hydrogen) atoms. The number of likely N-dealkylation sites (tertiary alicyclic amines) is 1. The van der Waals surface area contributed by atoms with E-state index in [1.54, 1.807) is 0 Å². The average molecular weight is 394 g/mol. The van der Waals surface area contributed by atoms with E-state index in [-0.39, 0.29) is 0 Å². The second-order valence-electron chi connectivity index (χ2n) is 7.59. The minimum atomic E-state index is -4.32. The quantitative estimate of drug-likeness (QED) is 0.666. The van der Waals surface area contributed by atoms with E-state index in [0.29, 0.717) is 17.4 Å². The van der Waals surface area contributed by atoms with Crippen molar-refractivity contribution < 1.29 is 13.2 Å². The number of piperidine rings is 1. The molecule has 1 aromatic carbocycles. The number of halogens is 3. The summed E-state index contributed by atoms with van der Waals surface area (Å²) in [5.74, 6) is 0.623. The summed E-state index contributed by atoms with van der Waals surface area (Å²) in [6, 6.07) is 5.74. The van der Waals surface area contributed by atoms with Gasteiger partial charge in [0.15, 0.2) is 0 Å². The number of nitrogens with zero attached hydrogens (tertiary/aromatic N) is 2. The van der Waals surface area contributed by atoms with Crippen molar-refractivity contribution in [1.82, 2.24) is 20.2 Å². The van der Waals surface area contributed by atoms with Crippen molar-refractivity contribution in [3.8, 4) is 11.4 Å². The lowest BCUT2D eigenvalue weighted by Crippen LogP contribution is -2.42. The maximum absolute atomic E-state index is 12.7. The van der Waals surface area contributed by atoms with Crippen molar-refractivity contribution in [2.24, 2.45) is 0 Å². The number of hydrogen-bond acceptors (Lipinski definition) is 3. The third-order valence-corrected chi connectivity index (χ3v) is 5.40. The number of nitrogens with one attached hydrogen (secondary N) is 2. The zero-order valence-corrected chi connectivity index (χ0v) is 16.6. The standard InChI is InChI=1S/C21H29F3N4/c1-3-4-11-25-18-9-12-28(13-10-18)14-19-15(2)26-20(27-19)16-5-7-17(8-6-16)21(22,23)24/h5-8,18,25H,3-4,9-14H2,1-2H3,(H,26,27). The van der Waals surface area contributed by atoms with Gasteiger partial charge in [0.1, 0.15) is 5.82 Å². The van der Waals surface area contributed by atoms with Gasteiger partial charge in [0.05, 0.1) is 11.3 Å². The zero-order valence-electron chi connectivity index (χ0n) is 16.6. The van der Waals surface area contributed by atoms with Gasteiger partial charge in [-0.05, 0) is 44.9 Å². The van der Waals surface area contributed by atoms with Crippen LogP contribution in [0.15, 0.2) is 24.3 Å². The number of imidazole rings is 1. The fourth-order valence-corrected chi connectivity index (χ4v) is 3.59. The Balaban J connectivity index is 1.58. The second kappa shape index (κ2) is 9.09. The molecule has 1 aromatic heterocycles. The van der Waals surface area contributed by atoms with Crippen molar-refractivity contribution >= 4 is 0 Å². The third kappa shape index (κ3) is 5.35. The Morgan fingerprint density at radius 1 is 1.18 bits per heavy atom. The van der Waals surface area contributed by atoms with Crippen LogP contribution in [0.3, 0.4) is 0 Å². The molecule has 0 unspecified atom stereocenters. The number of hydrogen-bond donors (Lipinski definition) is 2. The third-order valence-electron chi connectivity index (χ3n) is 5.40. The molecule has 0 amide bonds. The van der Waals surface area contributed by atoms with Crippen molar-refractivity contribution in [2.75, 3.05) is 19.6 Å². The summed E-state index contributed by atoms with van der Waals surface area (Å²) in [6.07, 6.45) is 0.392. The Bertz CT molecular complexity index is 744. The average Bonchev–Trinajstić information content (AvgIpc) is 3.03. The number of aryl methyl sites for hydroxylation is 1. The molecule has 4 nitrogen and oxygen atoms in total. The molecular formula is C21H29F3N4. The van der Waals surface area contributed by atoms with E-state index >= 15 is 0 Å². The van der Waals surface area contributed by atoms with E-state index in [0.717, 1.165) is 62.5 Å². The van der Waals surface area contributed by atoms with Gasteiger partial charge in [-0.1, -0.05) is 25.5 Å². The first-order valence-electron chi connectivity index (χ1n) is 10.1. The van der Waals surface area contributed by atoms with Crippen LogP contribution in [0.1, 0.15) is 49.6 Å². The molecule has 2 N–H and O–H groups in total. The highest BCUT2D eigenvalue weighted by atomic mass is 19.4. The number of aromatic amines is 1. The Hall–Kier alpha value is -1.86. The topological polar surface area (TPSA) is 44.0 Å². The summed E-state index contributed by atoms with van der Waals surface area (Å²) < 4.78 is 38.2. The molecule has 0 bridgehead atoms. The second-order valence-corrected chi connectivity index (χ2v) is 7.59. The van der Waals surface area contributed by atoms with Crippen molar-refractivity contribution in [3.63, 3.8) is 0 Å². The van der Waals surface area contributed by atoms with Gasteiger partial charge in [0.2, 0.25) is 0 Å². The molecular weight excluding hydrogens is 365 g/mol. The highest BCUT2D eigenvalue weighted by Gasteiger charge is 2.30. The van der Waals surface area contributed by atoms with Crippen LogP contribution in [0, 0.1) is 6.92 Å². The summed E-state index contributed by atoms with van der Waals surface area (Å²) >= 11 is 0. The molecule has 0 atom stereocenters. The van der Waals surface area contributed by atoms with Crippen LogP contribution < -0.4 is 5.32 Å². The first-order chi connectivity index (χ1) is 13.4. The number of unbranched alkanes of at least 4 members (excludes halogenated alkanes) is 1. The maximum Gasteiger partial charge on any atom is 0.416 e. The van der Waals surface area contributed by atoms with E-state index in [1.165, 1.54) is 25.0 Å². The summed E-state index contributed by atoms with van der Waals surface area (Å²) in [5.41, 5.74) is 1.96. The van der Waals surface area contributed by atoms with Gasteiger partial charge < -0.3 is 10.3 Å². The molecule has 0 spiro atoms. The van der Waals surface area contributed by atoms with Gasteiger partial charge in [0, 0.05) is 36.9 Å². The predicted octanol–water partition coefficient (Wildman–Crippen LogP) is 4.76. The molecule has 1 fully saturated rings. The van der Waals surface area contributed by atoms with Crippen LogP contribution in [0.2, 0.25) is 0 Å². The Morgan fingerprint density at radius 2 is 1.86 bits per heavy atom. The lowest BCUT2D eigenvalue weighted by atomic mass is 10.0. The molecule has 2 aromatic rings. The smallest absolute Gasteiger partial charge is 0.342 e. The Kier molecular flexibility index (Phi) is 6.78. The number of benzene rings is 1. The van der Waals surface area contributed by atoms with Crippen molar-refractivity contribution in [3.05, 3.63) is 41.2 Å². The van der Waals surface area contributed by atoms with E-state index < -0.39 is 11.7 Å². The van der Waals surface area contributed by atoms with Crippen LogP contribution in [0.25, 0.3) is 11.4 Å². The Labute approximate surface area is 164 Å². The summed E-state index contributed by atoms with van der Waals surface area (Å²) in [4.78, 5) is 10.3. The molecule has 154 valence electrons. The summed E-state index contributed by atoms with van der Waals surface area (Å²) in [7, 11) is 0. The number of aromatic nitrogens is 2. The van der Waals surface area contributed by atoms with E-state index in [2.05, 4.69) is 27.1 Å². The molecule has 0 aliphatic carbocycles. The van der Waals surface area contributed by atoms with Gasteiger partial charge in [-0.3, -0.25) is 4.90 Å².